The number of amides is 1. The van der Waals surface area contributed by atoms with Gasteiger partial charge in [0.2, 0.25) is 0 Å². The molecule has 0 unspecified atom stereocenters. The summed E-state index contributed by atoms with van der Waals surface area (Å²) in [5.74, 6) is -1.24. The molecule has 1 N–H and O–H groups in total. The lowest BCUT2D eigenvalue weighted by molar-refractivity contribution is -0.119. The Balaban J connectivity index is 1.63. The summed E-state index contributed by atoms with van der Waals surface area (Å²) in [4.78, 5) is 36.2. The zero-order chi connectivity index (χ0) is 19.9. The third-order valence-corrected chi connectivity index (χ3v) is 4.67. The van der Waals surface area contributed by atoms with Gasteiger partial charge in [0.1, 0.15) is 0 Å². The van der Waals surface area contributed by atoms with Crippen LogP contribution in [0.3, 0.4) is 0 Å². The molecule has 0 saturated heterocycles. The number of para-hydroxylation sites is 1. The van der Waals surface area contributed by atoms with Crippen LogP contribution in [0, 0.1) is 3.57 Å². The number of anilines is 1. The van der Waals surface area contributed by atoms with E-state index in [-0.39, 0.29) is 17.8 Å². The molecular weight excluding hydrogens is 473 g/mol. The smallest absolute Gasteiger partial charge is 0.359 e. The Kier molecular flexibility index (Phi) is 6.53. The van der Waals surface area contributed by atoms with Gasteiger partial charge in [-0.25, -0.2) is 9.48 Å². The molecule has 0 saturated carbocycles. The zero-order valence-corrected chi connectivity index (χ0v) is 16.8. The Labute approximate surface area is 174 Å². The van der Waals surface area contributed by atoms with Gasteiger partial charge in [-0.2, -0.15) is 5.10 Å². The number of aromatic nitrogens is 2. The first-order valence-electron chi connectivity index (χ1n) is 8.36. The van der Waals surface area contributed by atoms with Crippen molar-refractivity contribution in [2.24, 2.45) is 0 Å². The summed E-state index contributed by atoms with van der Waals surface area (Å²) in [5, 5.41) is 6.71. The van der Waals surface area contributed by atoms with Gasteiger partial charge in [-0.05, 0) is 46.4 Å². The summed E-state index contributed by atoms with van der Waals surface area (Å²) >= 11 is 2.10. The number of nitrogens with one attached hydrogen (secondary N) is 1. The van der Waals surface area contributed by atoms with Crippen molar-refractivity contribution in [3.05, 3.63) is 91.9 Å². The molecule has 0 bridgehead atoms. The lowest BCUT2D eigenvalue weighted by atomic mass is 10.2. The van der Waals surface area contributed by atoms with Crippen LogP contribution in [-0.2, 0) is 16.1 Å². The summed E-state index contributed by atoms with van der Waals surface area (Å²) in [7, 11) is 0. The van der Waals surface area contributed by atoms with E-state index >= 15 is 0 Å². The van der Waals surface area contributed by atoms with Gasteiger partial charge in [0.05, 0.1) is 12.2 Å². The molecule has 3 rings (SSSR count). The number of hydrogen-bond donors (Lipinski definition) is 1. The highest BCUT2D eigenvalue weighted by Crippen LogP contribution is 2.16. The van der Waals surface area contributed by atoms with E-state index in [9.17, 15) is 14.4 Å². The number of nitrogens with zero attached hydrogens (tertiary/aromatic N) is 2. The summed E-state index contributed by atoms with van der Waals surface area (Å²) in [6, 6.07) is 19.1. The molecule has 2 aromatic carbocycles. The number of hydrogen-bond acceptors (Lipinski definition) is 5. The highest BCUT2D eigenvalue weighted by molar-refractivity contribution is 14.1. The second kappa shape index (κ2) is 9.27. The molecule has 28 heavy (non-hydrogen) atoms. The second-order valence-electron chi connectivity index (χ2n) is 5.80. The molecule has 0 atom stereocenters. The fourth-order valence-corrected chi connectivity index (χ4v) is 2.90. The first-order valence-corrected chi connectivity index (χ1v) is 9.44. The van der Waals surface area contributed by atoms with Crippen molar-refractivity contribution in [2.45, 2.75) is 6.54 Å². The van der Waals surface area contributed by atoms with Gasteiger partial charge < -0.3 is 10.1 Å². The largest absolute Gasteiger partial charge is 0.451 e. The predicted molar refractivity (Wildman–Crippen MR) is 112 cm³/mol. The van der Waals surface area contributed by atoms with Gasteiger partial charge in [-0.15, -0.1) is 0 Å². The minimum absolute atomic E-state index is 0.0439. The molecular formula is C20H16IN3O4. The van der Waals surface area contributed by atoms with Crippen molar-refractivity contribution in [1.82, 2.24) is 9.78 Å². The zero-order valence-electron chi connectivity index (χ0n) is 14.7. The van der Waals surface area contributed by atoms with Crippen LogP contribution in [0.1, 0.15) is 16.1 Å². The van der Waals surface area contributed by atoms with Crippen molar-refractivity contribution in [2.75, 3.05) is 11.9 Å². The van der Waals surface area contributed by atoms with Crippen LogP contribution in [-0.4, -0.2) is 28.3 Å². The monoisotopic (exact) mass is 489 g/mol. The highest BCUT2D eigenvalue weighted by Gasteiger charge is 2.14. The molecule has 0 aliphatic heterocycles. The Bertz CT molecular complexity index is 1050. The molecule has 1 amide bonds. The van der Waals surface area contributed by atoms with Gasteiger partial charge in [-0.1, -0.05) is 42.5 Å². The maximum absolute atomic E-state index is 12.2. The Morgan fingerprint density at radius 1 is 1.00 bits per heavy atom. The van der Waals surface area contributed by atoms with E-state index in [4.69, 9.17) is 4.74 Å². The SMILES string of the molecule is O=C(COC(=O)c1ccc(=O)n(Cc2ccccc2)n1)Nc1ccccc1I. The first kappa shape index (κ1) is 19.7. The maximum atomic E-state index is 12.2. The van der Waals surface area contributed by atoms with Crippen molar-refractivity contribution in [3.63, 3.8) is 0 Å². The molecule has 142 valence electrons. The molecule has 8 heteroatoms. The molecule has 0 fully saturated rings. The van der Waals surface area contributed by atoms with Crippen LogP contribution in [0.25, 0.3) is 0 Å². The van der Waals surface area contributed by atoms with Crippen LogP contribution in [0.15, 0.2) is 71.5 Å². The van der Waals surface area contributed by atoms with E-state index in [1.54, 1.807) is 12.1 Å². The number of halogens is 1. The van der Waals surface area contributed by atoms with Crippen LogP contribution in [0.5, 0.6) is 0 Å². The lowest BCUT2D eigenvalue weighted by Crippen LogP contribution is -2.26. The van der Waals surface area contributed by atoms with E-state index in [2.05, 4.69) is 33.0 Å². The fraction of sp³-hybridized carbons (Fsp3) is 0.100. The highest BCUT2D eigenvalue weighted by atomic mass is 127. The normalized spacial score (nSPS) is 10.3. The molecule has 3 aromatic rings. The van der Waals surface area contributed by atoms with E-state index in [1.807, 2.05) is 42.5 Å². The van der Waals surface area contributed by atoms with Crippen molar-refractivity contribution in [3.8, 4) is 0 Å². The van der Waals surface area contributed by atoms with Gasteiger partial charge in [0, 0.05) is 9.64 Å². The average Bonchev–Trinajstić information content (AvgIpc) is 2.70. The summed E-state index contributed by atoms with van der Waals surface area (Å²) in [5.41, 5.74) is 1.13. The number of carbonyl (C=O) groups excluding carboxylic acids is 2. The molecule has 1 heterocycles. The average molecular weight is 489 g/mol. The molecule has 7 nitrogen and oxygen atoms in total. The lowest BCUT2D eigenvalue weighted by Gasteiger charge is -2.09. The van der Waals surface area contributed by atoms with Crippen LogP contribution in [0.2, 0.25) is 0 Å². The summed E-state index contributed by atoms with van der Waals surface area (Å²) in [6.07, 6.45) is 0. The van der Waals surface area contributed by atoms with E-state index < -0.39 is 18.5 Å². The van der Waals surface area contributed by atoms with Crippen molar-refractivity contribution >= 4 is 40.2 Å². The van der Waals surface area contributed by atoms with Crippen LogP contribution < -0.4 is 10.9 Å². The second-order valence-corrected chi connectivity index (χ2v) is 6.97. The molecule has 0 aliphatic carbocycles. The predicted octanol–water partition coefficient (Wildman–Crippen LogP) is 2.69. The third kappa shape index (κ3) is 5.26. The van der Waals surface area contributed by atoms with E-state index in [0.717, 1.165) is 9.13 Å². The minimum atomic E-state index is -0.778. The standard InChI is InChI=1S/C20H16IN3O4/c21-15-8-4-5-9-16(15)22-18(25)13-28-20(27)17-10-11-19(26)24(23-17)12-14-6-2-1-3-7-14/h1-11H,12-13H2,(H,22,25). The third-order valence-electron chi connectivity index (χ3n) is 3.73. The fourth-order valence-electron chi connectivity index (χ4n) is 2.38. The summed E-state index contributed by atoms with van der Waals surface area (Å²) < 4.78 is 7.06. The molecule has 1 aromatic heterocycles. The molecule has 0 radical (unpaired) electrons. The Hall–Kier alpha value is -3.01. The molecule has 0 aliphatic rings. The maximum Gasteiger partial charge on any atom is 0.359 e. The number of benzene rings is 2. The van der Waals surface area contributed by atoms with Gasteiger partial charge in [-0.3, -0.25) is 9.59 Å². The number of carbonyl (C=O) groups is 2. The van der Waals surface area contributed by atoms with Gasteiger partial charge in [0.15, 0.2) is 12.3 Å². The number of rotatable bonds is 6. The minimum Gasteiger partial charge on any atom is -0.451 e. The Morgan fingerprint density at radius 3 is 2.46 bits per heavy atom. The van der Waals surface area contributed by atoms with Crippen LogP contribution >= 0.6 is 22.6 Å². The summed E-state index contributed by atoms with van der Waals surface area (Å²) in [6.45, 7) is -0.225. The quantitative estimate of drug-likeness (QED) is 0.425. The van der Waals surface area contributed by atoms with E-state index in [1.165, 1.54) is 16.8 Å². The van der Waals surface area contributed by atoms with Gasteiger partial charge >= 0.3 is 5.97 Å². The number of ether oxygens (including phenoxy) is 1. The molecule has 0 spiro atoms. The Morgan fingerprint density at radius 2 is 1.71 bits per heavy atom. The van der Waals surface area contributed by atoms with Crippen molar-refractivity contribution < 1.29 is 14.3 Å². The van der Waals surface area contributed by atoms with Crippen LogP contribution in [0.4, 0.5) is 5.69 Å². The van der Waals surface area contributed by atoms with Crippen molar-refractivity contribution in [1.29, 1.82) is 0 Å². The van der Waals surface area contributed by atoms with Gasteiger partial charge in [0.25, 0.3) is 11.5 Å². The first-order chi connectivity index (χ1) is 13.5. The van der Waals surface area contributed by atoms with E-state index in [0.29, 0.717) is 5.69 Å². The topological polar surface area (TPSA) is 90.3 Å². The number of esters is 1.